The molecule has 12 rings (SSSR count). The highest BCUT2D eigenvalue weighted by Gasteiger charge is 2.46. The van der Waals surface area contributed by atoms with Crippen molar-refractivity contribution in [3.8, 4) is 33.4 Å². The quantitative estimate of drug-likeness (QED) is 0.160. The fraction of sp³-hybridized carbons (Fsp3) is 0.0169. The summed E-state index contributed by atoms with van der Waals surface area (Å²) < 4.78 is 6.44. The molecule has 1 aliphatic rings. The number of rotatable bonds is 7. The van der Waals surface area contributed by atoms with Crippen LogP contribution in [0.1, 0.15) is 22.3 Å². The molecule has 0 fully saturated rings. The third kappa shape index (κ3) is 5.57. The third-order valence-electron chi connectivity index (χ3n) is 12.7. The van der Waals surface area contributed by atoms with E-state index in [0.717, 1.165) is 50.1 Å². The van der Waals surface area contributed by atoms with Crippen molar-refractivity contribution in [2.75, 3.05) is 4.90 Å². The third-order valence-corrected chi connectivity index (χ3v) is 12.7. The van der Waals surface area contributed by atoms with Gasteiger partial charge >= 0.3 is 0 Å². The summed E-state index contributed by atoms with van der Waals surface area (Å²) in [6, 6.07) is 86.0. The second-order valence-electron chi connectivity index (χ2n) is 16.0. The largest absolute Gasteiger partial charge is 0.456 e. The van der Waals surface area contributed by atoms with Crippen LogP contribution >= 0.6 is 0 Å². The molecule has 0 unspecified atom stereocenters. The predicted octanol–water partition coefficient (Wildman–Crippen LogP) is 15.9. The highest BCUT2D eigenvalue weighted by Crippen LogP contribution is 2.57. The minimum absolute atomic E-state index is 0.455. The first kappa shape index (κ1) is 35.0. The van der Waals surface area contributed by atoms with Gasteiger partial charge in [-0.3, -0.25) is 0 Å². The van der Waals surface area contributed by atoms with E-state index in [0.29, 0.717) is 0 Å². The summed E-state index contributed by atoms with van der Waals surface area (Å²) in [5.74, 6) is 0. The summed E-state index contributed by atoms with van der Waals surface area (Å²) in [6.07, 6.45) is 0. The number of para-hydroxylation sites is 1. The van der Waals surface area contributed by atoms with Crippen LogP contribution in [0, 0.1) is 0 Å². The van der Waals surface area contributed by atoms with Crippen LogP contribution in [0.25, 0.3) is 66.1 Å². The van der Waals surface area contributed by atoms with Gasteiger partial charge in [0.2, 0.25) is 0 Å². The van der Waals surface area contributed by atoms with Gasteiger partial charge in [0.1, 0.15) is 11.2 Å². The van der Waals surface area contributed by atoms with Crippen molar-refractivity contribution < 1.29 is 4.42 Å². The Morgan fingerprint density at radius 2 is 0.951 bits per heavy atom. The molecule has 61 heavy (non-hydrogen) atoms. The van der Waals surface area contributed by atoms with Gasteiger partial charge in [0.15, 0.2) is 0 Å². The van der Waals surface area contributed by atoms with Crippen molar-refractivity contribution in [2.45, 2.75) is 5.41 Å². The van der Waals surface area contributed by atoms with Crippen LogP contribution in [0.5, 0.6) is 0 Å². The van der Waals surface area contributed by atoms with Gasteiger partial charge in [0.25, 0.3) is 0 Å². The molecule has 11 aromatic rings. The summed E-state index contributed by atoms with van der Waals surface area (Å²) in [6.45, 7) is 0. The van der Waals surface area contributed by atoms with Gasteiger partial charge in [-0.1, -0.05) is 182 Å². The molecule has 0 atom stereocenters. The Morgan fingerprint density at radius 1 is 0.344 bits per heavy atom. The lowest BCUT2D eigenvalue weighted by molar-refractivity contribution is 0.669. The fourth-order valence-corrected chi connectivity index (χ4v) is 9.99. The van der Waals surface area contributed by atoms with Gasteiger partial charge < -0.3 is 9.32 Å². The molecule has 0 N–H and O–H groups in total. The Kier molecular flexibility index (Phi) is 8.11. The Bertz CT molecular complexity index is 3380. The highest BCUT2D eigenvalue weighted by atomic mass is 16.3. The zero-order valence-electron chi connectivity index (χ0n) is 33.4. The van der Waals surface area contributed by atoms with Gasteiger partial charge in [0.05, 0.1) is 16.5 Å². The molecule has 0 aliphatic heterocycles. The van der Waals surface area contributed by atoms with E-state index in [2.05, 4.69) is 235 Å². The molecule has 1 aromatic heterocycles. The second-order valence-corrected chi connectivity index (χ2v) is 16.0. The topological polar surface area (TPSA) is 16.4 Å². The zero-order valence-corrected chi connectivity index (χ0v) is 33.4. The molecule has 0 radical (unpaired) electrons. The number of furan rings is 1. The Labute approximate surface area is 355 Å². The monoisotopic (exact) mass is 777 g/mol. The molecule has 2 nitrogen and oxygen atoms in total. The molecule has 0 bridgehead atoms. The summed E-state index contributed by atoms with van der Waals surface area (Å²) in [5.41, 5.74) is 16.9. The first-order valence-corrected chi connectivity index (χ1v) is 21.0. The van der Waals surface area contributed by atoms with Crippen molar-refractivity contribution in [1.29, 1.82) is 0 Å². The summed E-state index contributed by atoms with van der Waals surface area (Å²) in [7, 11) is 0. The van der Waals surface area contributed by atoms with E-state index in [4.69, 9.17) is 4.42 Å². The van der Waals surface area contributed by atoms with Crippen molar-refractivity contribution >= 4 is 49.8 Å². The van der Waals surface area contributed by atoms with Crippen LogP contribution < -0.4 is 4.90 Å². The molecule has 1 aliphatic carbocycles. The molecular formula is C59H39NO. The molecule has 0 saturated heterocycles. The number of nitrogens with zero attached hydrogens (tertiary/aromatic N) is 1. The minimum Gasteiger partial charge on any atom is -0.456 e. The van der Waals surface area contributed by atoms with E-state index in [1.165, 1.54) is 55.3 Å². The van der Waals surface area contributed by atoms with E-state index < -0.39 is 5.41 Å². The van der Waals surface area contributed by atoms with Crippen molar-refractivity contribution in [3.05, 3.63) is 259 Å². The lowest BCUT2D eigenvalue weighted by Gasteiger charge is -2.34. The Hall–Kier alpha value is -7.94. The zero-order chi connectivity index (χ0) is 40.3. The van der Waals surface area contributed by atoms with E-state index >= 15 is 0 Å². The van der Waals surface area contributed by atoms with Gasteiger partial charge in [-0.05, 0) is 121 Å². The summed E-state index contributed by atoms with van der Waals surface area (Å²) in [4.78, 5) is 2.38. The van der Waals surface area contributed by atoms with Crippen LogP contribution in [0.15, 0.2) is 241 Å². The second kappa shape index (κ2) is 14.1. The van der Waals surface area contributed by atoms with Crippen LogP contribution in [0.2, 0.25) is 0 Å². The van der Waals surface area contributed by atoms with Crippen LogP contribution in [0.3, 0.4) is 0 Å². The molecular weight excluding hydrogens is 739 g/mol. The lowest BCUT2D eigenvalue weighted by atomic mass is 9.67. The van der Waals surface area contributed by atoms with Crippen LogP contribution in [-0.4, -0.2) is 0 Å². The predicted molar refractivity (Wildman–Crippen MR) is 254 cm³/mol. The van der Waals surface area contributed by atoms with E-state index in [1.807, 2.05) is 6.07 Å². The summed E-state index contributed by atoms with van der Waals surface area (Å²) in [5, 5.41) is 4.66. The van der Waals surface area contributed by atoms with Crippen LogP contribution in [-0.2, 0) is 5.41 Å². The Balaban J connectivity index is 1.01. The van der Waals surface area contributed by atoms with E-state index in [-0.39, 0.29) is 0 Å². The molecule has 2 heteroatoms. The smallest absolute Gasteiger partial charge is 0.137 e. The first-order chi connectivity index (χ1) is 30.2. The average Bonchev–Trinajstić information content (AvgIpc) is 3.87. The lowest BCUT2D eigenvalue weighted by Crippen LogP contribution is -2.28. The maximum absolute atomic E-state index is 6.44. The molecule has 0 amide bonds. The van der Waals surface area contributed by atoms with Crippen LogP contribution in [0.4, 0.5) is 17.1 Å². The maximum Gasteiger partial charge on any atom is 0.137 e. The Morgan fingerprint density at radius 3 is 1.77 bits per heavy atom. The minimum atomic E-state index is -0.455. The number of fused-ring (bicyclic) bond motifs is 7. The maximum atomic E-state index is 6.44. The van der Waals surface area contributed by atoms with Gasteiger partial charge in [-0.25, -0.2) is 0 Å². The molecule has 10 aromatic carbocycles. The van der Waals surface area contributed by atoms with E-state index in [1.54, 1.807) is 0 Å². The van der Waals surface area contributed by atoms with Gasteiger partial charge in [-0.2, -0.15) is 0 Å². The number of anilines is 3. The number of benzene rings is 10. The average molecular weight is 778 g/mol. The summed E-state index contributed by atoms with van der Waals surface area (Å²) >= 11 is 0. The highest BCUT2D eigenvalue weighted by molar-refractivity contribution is 6.13. The first-order valence-electron chi connectivity index (χ1n) is 21.0. The van der Waals surface area contributed by atoms with Gasteiger partial charge in [-0.15, -0.1) is 0 Å². The standard InChI is InChI=1S/C59H39NO/c1-3-18-46(19-4-1)59(47-20-5-2-6-21-47)53-25-11-9-23-50(53)51-36-33-45(39-54(51)59)41-31-34-48(35-32-41)60(55-26-14-28-57-58(55)52-24-10-12-27-56(52)61-57)49-22-13-17-43(38-49)44-30-29-40-15-7-8-16-42(40)37-44/h1-39H. The van der Waals surface area contributed by atoms with Crippen molar-refractivity contribution in [2.24, 2.45) is 0 Å². The molecule has 286 valence electrons. The molecule has 0 saturated carbocycles. The van der Waals surface area contributed by atoms with E-state index in [9.17, 15) is 0 Å². The normalized spacial score (nSPS) is 12.7. The van der Waals surface area contributed by atoms with Gasteiger partial charge in [0, 0.05) is 16.8 Å². The van der Waals surface area contributed by atoms with Crippen molar-refractivity contribution in [3.63, 3.8) is 0 Å². The van der Waals surface area contributed by atoms with Crippen molar-refractivity contribution in [1.82, 2.24) is 0 Å². The molecule has 0 spiro atoms. The SMILES string of the molecule is c1ccc(C2(c3ccccc3)c3ccccc3-c3ccc(-c4ccc(N(c5cccc(-c6ccc7ccccc7c6)c5)c5cccc6oc7ccccc7c56)cc4)cc32)cc1. The molecule has 1 heterocycles. The number of hydrogen-bond acceptors (Lipinski definition) is 2. The number of hydrogen-bond donors (Lipinski definition) is 0. The fourth-order valence-electron chi connectivity index (χ4n) is 9.99.